The van der Waals surface area contributed by atoms with Gasteiger partial charge in [0, 0.05) is 18.0 Å². The molecule has 2 unspecified atom stereocenters. The number of ether oxygens (including phenoxy) is 1. The van der Waals surface area contributed by atoms with Crippen molar-refractivity contribution in [1.82, 2.24) is 5.32 Å². The third kappa shape index (κ3) is 6.00. The molecule has 0 bridgehead atoms. The van der Waals surface area contributed by atoms with Crippen LogP contribution in [0.3, 0.4) is 0 Å². The molecule has 0 amide bonds. The summed E-state index contributed by atoms with van der Waals surface area (Å²) < 4.78 is 6.57. The Kier molecular flexibility index (Phi) is 7.35. The SMILES string of the molecule is CCCNC(Cc1ccc(Br)s1)CC(C)OC. The smallest absolute Gasteiger partial charge is 0.0701 e. The molecule has 0 aliphatic rings. The predicted octanol–water partition coefficient (Wildman–Crippen LogP) is 3.85. The Morgan fingerprint density at radius 3 is 2.76 bits per heavy atom. The van der Waals surface area contributed by atoms with E-state index in [0.717, 1.165) is 19.4 Å². The maximum Gasteiger partial charge on any atom is 0.0701 e. The minimum absolute atomic E-state index is 0.313. The molecule has 98 valence electrons. The number of methoxy groups -OCH3 is 1. The topological polar surface area (TPSA) is 21.3 Å². The van der Waals surface area contributed by atoms with Crippen molar-refractivity contribution in [3.63, 3.8) is 0 Å². The minimum atomic E-state index is 0.313. The van der Waals surface area contributed by atoms with Gasteiger partial charge in [0.2, 0.25) is 0 Å². The number of hydrogen-bond acceptors (Lipinski definition) is 3. The van der Waals surface area contributed by atoms with Crippen molar-refractivity contribution in [3.05, 3.63) is 20.8 Å². The summed E-state index contributed by atoms with van der Waals surface area (Å²) in [6.45, 7) is 5.41. The zero-order valence-electron chi connectivity index (χ0n) is 10.8. The summed E-state index contributed by atoms with van der Waals surface area (Å²) >= 11 is 5.33. The number of nitrogens with one attached hydrogen (secondary N) is 1. The average Bonchev–Trinajstić information content (AvgIpc) is 2.71. The Balaban J connectivity index is 2.50. The van der Waals surface area contributed by atoms with Crippen LogP contribution in [0.15, 0.2) is 15.9 Å². The number of thiophene rings is 1. The van der Waals surface area contributed by atoms with E-state index in [0.29, 0.717) is 12.1 Å². The van der Waals surface area contributed by atoms with E-state index in [1.54, 1.807) is 7.11 Å². The first-order valence-corrected chi connectivity index (χ1v) is 7.77. The van der Waals surface area contributed by atoms with E-state index in [4.69, 9.17) is 4.74 Å². The zero-order chi connectivity index (χ0) is 12.7. The highest BCUT2D eigenvalue weighted by atomic mass is 79.9. The molecule has 0 radical (unpaired) electrons. The molecular weight excluding hydrogens is 298 g/mol. The summed E-state index contributed by atoms with van der Waals surface area (Å²) in [7, 11) is 1.78. The van der Waals surface area contributed by atoms with E-state index >= 15 is 0 Å². The van der Waals surface area contributed by atoms with Crippen LogP contribution in [0.5, 0.6) is 0 Å². The van der Waals surface area contributed by atoms with Crippen molar-refractivity contribution >= 4 is 27.3 Å². The minimum Gasteiger partial charge on any atom is -0.382 e. The first-order chi connectivity index (χ1) is 8.15. The summed E-state index contributed by atoms with van der Waals surface area (Å²) in [5, 5.41) is 3.60. The predicted molar refractivity (Wildman–Crippen MR) is 78.9 cm³/mol. The fourth-order valence-electron chi connectivity index (χ4n) is 1.79. The van der Waals surface area contributed by atoms with E-state index in [-0.39, 0.29) is 0 Å². The van der Waals surface area contributed by atoms with E-state index in [1.165, 1.54) is 15.1 Å². The second-order valence-corrected chi connectivity index (χ2v) is 6.89. The van der Waals surface area contributed by atoms with Crippen LogP contribution >= 0.6 is 27.3 Å². The third-order valence-electron chi connectivity index (χ3n) is 2.78. The Hall–Kier alpha value is 0.1000. The number of hydrogen-bond donors (Lipinski definition) is 1. The van der Waals surface area contributed by atoms with Crippen LogP contribution in [-0.4, -0.2) is 25.8 Å². The first kappa shape index (κ1) is 15.2. The lowest BCUT2D eigenvalue weighted by Gasteiger charge is -2.21. The van der Waals surface area contributed by atoms with Crippen LogP contribution in [0, 0.1) is 0 Å². The summed E-state index contributed by atoms with van der Waals surface area (Å²) in [5.74, 6) is 0. The molecule has 2 atom stereocenters. The van der Waals surface area contributed by atoms with Crippen molar-refractivity contribution in [2.75, 3.05) is 13.7 Å². The van der Waals surface area contributed by atoms with Crippen LogP contribution in [-0.2, 0) is 11.2 Å². The second kappa shape index (κ2) is 8.25. The highest BCUT2D eigenvalue weighted by Crippen LogP contribution is 2.24. The van der Waals surface area contributed by atoms with Crippen LogP contribution in [0.1, 0.15) is 31.6 Å². The van der Waals surface area contributed by atoms with Gasteiger partial charge in [-0.3, -0.25) is 0 Å². The van der Waals surface area contributed by atoms with Crippen LogP contribution in [0.2, 0.25) is 0 Å². The van der Waals surface area contributed by atoms with Gasteiger partial charge < -0.3 is 10.1 Å². The molecule has 0 aliphatic carbocycles. The lowest BCUT2D eigenvalue weighted by molar-refractivity contribution is 0.100. The normalized spacial score (nSPS) is 14.8. The van der Waals surface area contributed by atoms with Gasteiger partial charge in [0.25, 0.3) is 0 Å². The first-order valence-electron chi connectivity index (χ1n) is 6.16. The fraction of sp³-hybridized carbons (Fsp3) is 0.692. The molecule has 1 N–H and O–H groups in total. The van der Waals surface area contributed by atoms with Crippen molar-refractivity contribution < 1.29 is 4.74 Å². The molecule has 2 nitrogen and oxygen atoms in total. The Bertz CT molecular complexity index is 316. The Morgan fingerprint density at radius 2 is 2.24 bits per heavy atom. The van der Waals surface area contributed by atoms with Gasteiger partial charge in [-0.2, -0.15) is 0 Å². The summed E-state index contributed by atoms with van der Waals surface area (Å²) in [5.41, 5.74) is 0. The second-order valence-electron chi connectivity index (χ2n) is 4.34. The summed E-state index contributed by atoms with van der Waals surface area (Å²) in [4.78, 5) is 1.42. The highest BCUT2D eigenvalue weighted by molar-refractivity contribution is 9.11. The molecule has 4 heteroatoms. The summed E-state index contributed by atoms with van der Waals surface area (Å²) in [6.07, 6.45) is 3.63. The molecule has 0 aliphatic heterocycles. The third-order valence-corrected chi connectivity index (χ3v) is 4.42. The monoisotopic (exact) mass is 319 g/mol. The van der Waals surface area contributed by atoms with Crippen molar-refractivity contribution in [1.29, 1.82) is 0 Å². The van der Waals surface area contributed by atoms with E-state index in [9.17, 15) is 0 Å². The van der Waals surface area contributed by atoms with Gasteiger partial charge in [0.15, 0.2) is 0 Å². The van der Waals surface area contributed by atoms with E-state index in [2.05, 4.69) is 47.2 Å². The average molecular weight is 320 g/mol. The summed E-state index contributed by atoms with van der Waals surface area (Å²) in [6, 6.07) is 4.83. The van der Waals surface area contributed by atoms with Gasteiger partial charge in [-0.05, 0) is 60.8 Å². The lowest BCUT2D eigenvalue weighted by Crippen LogP contribution is -2.34. The molecule has 1 rings (SSSR count). The highest BCUT2D eigenvalue weighted by Gasteiger charge is 2.13. The number of halogens is 1. The Labute approximate surface area is 117 Å². The molecule has 1 heterocycles. The quantitative estimate of drug-likeness (QED) is 0.786. The van der Waals surface area contributed by atoms with Crippen molar-refractivity contribution in [3.8, 4) is 0 Å². The maximum atomic E-state index is 5.36. The van der Waals surface area contributed by atoms with Crippen LogP contribution in [0.25, 0.3) is 0 Å². The van der Waals surface area contributed by atoms with E-state index < -0.39 is 0 Å². The zero-order valence-corrected chi connectivity index (χ0v) is 13.2. The molecule has 1 aromatic heterocycles. The molecule has 0 fully saturated rings. The molecule has 1 aromatic rings. The molecule has 17 heavy (non-hydrogen) atoms. The van der Waals surface area contributed by atoms with Gasteiger partial charge in [0.05, 0.1) is 9.89 Å². The van der Waals surface area contributed by atoms with E-state index in [1.807, 2.05) is 11.3 Å². The molecule has 0 aromatic carbocycles. The Morgan fingerprint density at radius 1 is 1.47 bits per heavy atom. The maximum absolute atomic E-state index is 5.36. The van der Waals surface area contributed by atoms with Crippen LogP contribution in [0.4, 0.5) is 0 Å². The largest absolute Gasteiger partial charge is 0.382 e. The van der Waals surface area contributed by atoms with Crippen molar-refractivity contribution in [2.45, 2.75) is 45.3 Å². The van der Waals surface area contributed by atoms with Gasteiger partial charge in [-0.1, -0.05) is 6.92 Å². The lowest BCUT2D eigenvalue weighted by atomic mass is 10.1. The standard InChI is InChI=1S/C13H22BrNOS/c1-4-7-15-11(8-10(2)16-3)9-12-5-6-13(14)17-12/h5-6,10-11,15H,4,7-9H2,1-3H3. The van der Waals surface area contributed by atoms with Crippen molar-refractivity contribution in [2.24, 2.45) is 0 Å². The number of rotatable bonds is 8. The van der Waals surface area contributed by atoms with Gasteiger partial charge in [-0.25, -0.2) is 0 Å². The molecule has 0 saturated heterocycles. The fourth-order valence-corrected chi connectivity index (χ4v) is 3.35. The van der Waals surface area contributed by atoms with Crippen LogP contribution < -0.4 is 5.32 Å². The molecule has 0 spiro atoms. The van der Waals surface area contributed by atoms with Gasteiger partial charge in [0.1, 0.15) is 0 Å². The molecule has 0 saturated carbocycles. The molecular formula is C13H22BrNOS. The van der Waals surface area contributed by atoms with Gasteiger partial charge in [-0.15, -0.1) is 11.3 Å². The van der Waals surface area contributed by atoms with Gasteiger partial charge >= 0.3 is 0 Å².